The molecule has 11 nitrogen and oxygen atoms in total. The molecule has 1 amide bonds. The number of hydrogen-bond donors (Lipinski definition) is 3. The van der Waals surface area contributed by atoms with Gasteiger partial charge in [-0.15, -0.1) is 5.06 Å². The Hall–Kier alpha value is -2.92. The summed E-state index contributed by atoms with van der Waals surface area (Å²) in [6.07, 6.45) is 4.14. The number of aliphatic hydroxyl groups is 1. The minimum Gasteiger partial charge on any atom is -0.480 e. The van der Waals surface area contributed by atoms with E-state index in [9.17, 15) is 24.6 Å². The van der Waals surface area contributed by atoms with Gasteiger partial charge in [0.2, 0.25) is 5.91 Å². The Balaban J connectivity index is 1.31. The monoisotopic (exact) mass is 504 g/mol. The van der Waals surface area contributed by atoms with Gasteiger partial charge in [0, 0.05) is 31.8 Å². The summed E-state index contributed by atoms with van der Waals surface area (Å²) < 4.78 is 5.42. The number of ether oxygens (including phenoxy) is 1. The van der Waals surface area contributed by atoms with Crippen LogP contribution in [0.2, 0.25) is 0 Å². The first-order valence-electron chi connectivity index (χ1n) is 12.7. The number of aliphatic carboxylic acids is 1. The van der Waals surface area contributed by atoms with Crippen molar-refractivity contribution >= 4 is 23.8 Å². The number of carboxylic acid groups (broad SMARTS) is 1. The third kappa shape index (κ3) is 6.07. The van der Waals surface area contributed by atoms with Crippen molar-refractivity contribution in [1.82, 2.24) is 14.9 Å². The van der Waals surface area contributed by atoms with Crippen molar-refractivity contribution < 1.29 is 34.2 Å². The van der Waals surface area contributed by atoms with Crippen LogP contribution >= 0.6 is 0 Å². The van der Waals surface area contributed by atoms with Crippen molar-refractivity contribution in [2.24, 2.45) is 5.92 Å². The third-order valence-corrected chi connectivity index (χ3v) is 7.33. The van der Waals surface area contributed by atoms with E-state index in [0.29, 0.717) is 18.8 Å². The Morgan fingerprint density at radius 1 is 1.31 bits per heavy atom. The third-order valence-electron chi connectivity index (χ3n) is 7.33. The molecule has 1 aromatic rings. The van der Waals surface area contributed by atoms with E-state index in [4.69, 9.17) is 14.6 Å². The summed E-state index contributed by atoms with van der Waals surface area (Å²) in [7, 11) is 0. The van der Waals surface area contributed by atoms with Crippen LogP contribution in [-0.4, -0.2) is 87.1 Å². The zero-order valence-electron chi connectivity index (χ0n) is 20.9. The highest BCUT2D eigenvalue weighted by atomic mass is 16.8. The highest BCUT2D eigenvalue weighted by molar-refractivity contribution is 5.75. The van der Waals surface area contributed by atoms with Gasteiger partial charge in [0.15, 0.2) is 0 Å². The number of carbonyl (C=O) groups excluding carboxylic acids is 2. The van der Waals surface area contributed by atoms with Crippen molar-refractivity contribution in [2.75, 3.05) is 31.6 Å². The first kappa shape index (κ1) is 26.2. The second kappa shape index (κ2) is 11.0. The number of nitrogens with zero attached hydrogens (tertiary/aromatic N) is 3. The molecule has 0 bridgehead atoms. The number of aromatic nitrogens is 1. The molecule has 0 unspecified atom stereocenters. The lowest BCUT2D eigenvalue weighted by Crippen LogP contribution is -2.63. The van der Waals surface area contributed by atoms with Crippen LogP contribution in [-0.2, 0) is 32.0 Å². The standard InChI is InChI=1S/C25H36N4O7/c1-16(31)28-14-25(2,15-28)35-24(34)36-29(21(9-11-30)23(32)33)20-12-17(13-20)5-7-19-8-6-18-4-3-10-26-22(18)27-19/h6,8,17,20-21,30H,3-5,7,9-15H2,1-2H3,(H,26,27)(H,32,33)/t17?,20?,21-/m0/s1. The largest absolute Gasteiger partial charge is 0.528 e. The number of pyridine rings is 1. The molecule has 3 N–H and O–H groups in total. The minimum absolute atomic E-state index is 0.0782. The first-order chi connectivity index (χ1) is 17.2. The van der Waals surface area contributed by atoms with E-state index >= 15 is 0 Å². The van der Waals surface area contributed by atoms with E-state index in [1.807, 2.05) is 0 Å². The highest BCUT2D eigenvalue weighted by Crippen LogP contribution is 2.37. The summed E-state index contributed by atoms with van der Waals surface area (Å²) >= 11 is 0. The van der Waals surface area contributed by atoms with Crippen LogP contribution in [0.4, 0.5) is 10.6 Å². The number of nitrogens with one attached hydrogen (secondary N) is 1. The van der Waals surface area contributed by atoms with Gasteiger partial charge in [-0.05, 0) is 69.4 Å². The summed E-state index contributed by atoms with van der Waals surface area (Å²) in [5, 5.41) is 23.6. The fraction of sp³-hybridized carbons (Fsp3) is 0.680. The Morgan fingerprint density at radius 2 is 2.06 bits per heavy atom. The number of likely N-dealkylation sites (tertiary alicyclic amines) is 1. The quantitative estimate of drug-likeness (QED) is 0.320. The predicted octanol–water partition coefficient (Wildman–Crippen LogP) is 1.98. The van der Waals surface area contributed by atoms with Gasteiger partial charge in [0.25, 0.3) is 0 Å². The molecular weight excluding hydrogens is 468 g/mol. The molecule has 1 aromatic heterocycles. The number of anilines is 1. The van der Waals surface area contributed by atoms with Crippen LogP contribution in [0.5, 0.6) is 0 Å². The highest BCUT2D eigenvalue weighted by Gasteiger charge is 2.46. The zero-order valence-corrected chi connectivity index (χ0v) is 20.9. The summed E-state index contributed by atoms with van der Waals surface area (Å²) in [6, 6.07) is 2.75. The average Bonchev–Trinajstić information content (AvgIpc) is 2.78. The Kier molecular flexibility index (Phi) is 7.99. The van der Waals surface area contributed by atoms with Gasteiger partial charge in [0.05, 0.1) is 13.1 Å². The number of amides is 1. The number of aryl methyl sites for hydroxylation is 2. The number of carboxylic acids is 1. The normalized spacial score (nSPS) is 22.9. The molecule has 0 spiro atoms. The molecule has 1 aliphatic carbocycles. The number of aliphatic hydroxyl groups excluding tert-OH is 1. The number of rotatable bonds is 10. The summed E-state index contributed by atoms with van der Waals surface area (Å²) in [5.74, 6) is 0.0361. The summed E-state index contributed by atoms with van der Waals surface area (Å²) in [5.41, 5.74) is 1.41. The molecule has 3 aliphatic rings. The van der Waals surface area contributed by atoms with Crippen LogP contribution in [0.25, 0.3) is 0 Å². The van der Waals surface area contributed by atoms with E-state index in [1.165, 1.54) is 17.6 Å². The summed E-state index contributed by atoms with van der Waals surface area (Å²) in [6.45, 7) is 4.24. The molecule has 1 saturated heterocycles. The Bertz CT molecular complexity index is 975. The minimum atomic E-state index is -1.18. The van der Waals surface area contributed by atoms with E-state index in [0.717, 1.165) is 43.7 Å². The van der Waals surface area contributed by atoms with Crippen LogP contribution in [0, 0.1) is 5.92 Å². The van der Waals surface area contributed by atoms with Crippen molar-refractivity contribution in [3.05, 3.63) is 23.4 Å². The second-order valence-corrected chi connectivity index (χ2v) is 10.4. The topological polar surface area (TPSA) is 142 Å². The van der Waals surface area contributed by atoms with Gasteiger partial charge >= 0.3 is 12.1 Å². The molecule has 36 heavy (non-hydrogen) atoms. The maximum Gasteiger partial charge on any atom is 0.528 e. The molecule has 2 fully saturated rings. The Morgan fingerprint density at radius 3 is 2.72 bits per heavy atom. The van der Waals surface area contributed by atoms with Gasteiger partial charge in [-0.3, -0.25) is 9.59 Å². The van der Waals surface area contributed by atoms with Gasteiger partial charge in [0.1, 0.15) is 17.5 Å². The molecule has 0 radical (unpaired) electrons. The molecule has 4 rings (SSSR count). The number of carbonyl (C=O) groups is 3. The lowest BCUT2D eigenvalue weighted by Gasteiger charge is -2.47. The zero-order chi connectivity index (χ0) is 25.9. The molecule has 11 heteroatoms. The van der Waals surface area contributed by atoms with Crippen LogP contribution in [0.15, 0.2) is 12.1 Å². The molecule has 1 saturated carbocycles. The van der Waals surface area contributed by atoms with E-state index in [1.54, 1.807) is 11.8 Å². The smallest absolute Gasteiger partial charge is 0.480 e. The van der Waals surface area contributed by atoms with Crippen LogP contribution in [0.1, 0.15) is 57.2 Å². The van der Waals surface area contributed by atoms with Crippen LogP contribution in [0.3, 0.4) is 0 Å². The molecule has 1 atom stereocenters. The van der Waals surface area contributed by atoms with Crippen molar-refractivity contribution in [3.63, 3.8) is 0 Å². The van der Waals surface area contributed by atoms with Crippen molar-refractivity contribution in [3.8, 4) is 0 Å². The van der Waals surface area contributed by atoms with Crippen LogP contribution < -0.4 is 5.32 Å². The predicted molar refractivity (Wildman–Crippen MR) is 129 cm³/mol. The maximum absolute atomic E-state index is 12.6. The lowest BCUT2D eigenvalue weighted by atomic mass is 9.76. The van der Waals surface area contributed by atoms with Gasteiger partial charge in [-0.1, -0.05) is 6.07 Å². The van der Waals surface area contributed by atoms with Gasteiger partial charge in [-0.25, -0.2) is 9.78 Å². The summed E-state index contributed by atoms with van der Waals surface area (Å²) in [4.78, 5) is 47.6. The van der Waals surface area contributed by atoms with Gasteiger partial charge < -0.3 is 30.0 Å². The molecular formula is C25H36N4O7. The molecule has 3 heterocycles. The van der Waals surface area contributed by atoms with Crippen molar-refractivity contribution in [2.45, 2.75) is 76.5 Å². The first-order valence-corrected chi connectivity index (χ1v) is 12.7. The number of fused-ring (bicyclic) bond motifs is 1. The SMILES string of the molecule is CC(=O)N1CC(C)(OC(=O)ON(C2CC(CCc3ccc4c(n3)NCCC4)C2)[C@@H](CCO)C(=O)O)C1. The fourth-order valence-corrected chi connectivity index (χ4v) is 5.23. The maximum atomic E-state index is 12.6. The van der Waals surface area contributed by atoms with E-state index in [2.05, 4.69) is 17.4 Å². The Labute approximate surface area is 210 Å². The molecule has 198 valence electrons. The lowest BCUT2D eigenvalue weighted by molar-refractivity contribution is -0.226. The molecule has 0 aromatic carbocycles. The fourth-order valence-electron chi connectivity index (χ4n) is 5.23. The number of hydroxylamine groups is 2. The van der Waals surface area contributed by atoms with E-state index < -0.39 is 23.8 Å². The second-order valence-electron chi connectivity index (χ2n) is 10.4. The number of hydrogen-bond acceptors (Lipinski definition) is 9. The van der Waals surface area contributed by atoms with Gasteiger partial charge in [-0.2, -0.15) is 0 Å². The van der Waals surface area contributed by atoms with Crippen molar-refractivity contribution in [1.29, 1.82) is 0 Å². The average molecular weight is 505 g/mol. The molecule has 2 aliphatic heterocycles. The van der Waals surface area contributed by atoms with E-state index in [-0.39, 0.29) is 38.1 Å².